The molecule has 2 aromatic rings. The lowest BCUT2D eigenvalue weighted by Gasteiger charge is -2.28. The van der Waals surface area contributed by atoms with E-state index in [0.29, 0.717) is 11.4 Å². The molecule has 0 fully saturated rings. The summed E-state index contributed by atoms with van der Waals surface area (Å²) in [6.07, 6.45) is -4.73. The quantitative estimate of drug-likeness (QED) is 0.834. The summed E-state index contributed by atoms with van der Waals surface area (Å²) in [6, 6.07) is 10.6. The van der Waals surface area contributed by atoms with Gasteiger partial charge in [-0.25, -0.2) is 4.79 Å². The van der Waals surface area contributed by atoms with E-state index in [4.69, 9.17) is 4.74 Å². The van der Waals surface area contributed by atoms with Gasteiger partial charge in [0.05, 0.1) is 22.5 Å². The lowest BCUT2D eigenvalue weighted by Crippen LogP contribution is -2.44. The van der Waals surface area contributed by atoms with Gasteiger partial charge < -0.3 is 10.1 Å². The van der Waals surface area contributed by atoms with Crippen molar-refractivity contribution in [1.82, 2.24) is 0 Å². The molecule has 1 N–H and O–H groups in total. The van der Waals surface area contributed by atoms with E-state index in [1.54, 1.807) is 24.3 Å². The fourth-order valence-electron chi connectivity index (χ4n) is 2.65. The van der Waals surface area contributed by atoms with Crippen molar-refractivity contribution in [3.05, 3.63) is 59.7 Å². The predicted molar refractivity (Wildman–Crippen MR) is 89.2 cm³/mol. The fourth-order valence-corrected chi connectivity index (χ4v) is 2.65. The van der Waals surface area contributed by atoms with Crippen LogP contribution in [0, 0.1) is 0 Å². The van der Waals surface area contributed by atoms with Crippen LogP contribution >= 0.6 is 0 Å². The van der Waals surface area contributed by atoms with Gasteiger partial charge in [-0.2, -0.15) is 13.2 Å². The maximum atomic E-state index is 13.0. The van der Waals surface area contributed by atoms with Gasteiger partial charge in [0.25, 0.3) is 5.91 Å². The number of amides is 2. The number of benzene rings is 2. The molecule has 1 aliphatic rings. The number of carbonyl (C=O) groups is 3. The van der Waals surface area contributed by atoms with Crippen molar-refractivity contribution in [1.29, 1.82) is 0 Å². The maximum Gasteiger partial charge on any atom is 0.417 e. The summed E-state index contributed by atoms with van der Waals surface area (Å²) in [5, 5.41) is 2.59. The third-order valence-electron chi connectivity index (χ3n) is 3.85. The summed E-state index contributed by atoms with van der Waals surface area (Å²) in [6.45, 7) is -1.08. The van der Waals surface area contributed by atoms with Gasteiger partial charge in [-0.3, -0.25) is 14.5 Å². The molecule has 2 aromatic carbocycles. The van der Waals surface area contributed by atoms with Crippen molar-refractivity contribution in [2.75, 3.05) is 23.4 Å². The number of ether oxygens (including phenoxy) is 1. The molecular formula is C18H13F3N2O4. The Kier molecular flexibility index (Phi) is 4.85. The largest absolute Gasteiger partial charge is 0.452 e. The third kappa shape index (κ3) is 3.91. The molecule has 1 aliphatic heterocycles. The molecule has 0 unspecified atom stereocenters. The van der Waals surface area contributed by atoms with Gasteiger partial charge in [0.15, 0.2) is 6.61 Å². The first-order valence-corrected chi connectivity index (χ1v) is 7.80. The normalized spacial score (nSPS) is 13.6. The van der Waals surface area contributed by atoms with Crippen LogP contribution in [0.25, 0.3) is 0 Å². The van der Waals surface area contributed by atoms with Gasteiger partial charge in [-0.05, 0) is 24.3 Å². The average molecular weight is 378 g/mol. The summed E-state index contributed by atoms with van der Waals surface area (Å²) in [4.78, 5) is 37.2. The Bertz CT molecular complexity index is 911. The highest BCUT2D eigenvalue weighted by molar-refractivity contribution is 6.10. The Hall–Kier alpha value is -3.36. The minimum absolute atomic E-state index is 0.285. The molecule has 0 atom stereocenters. The monoisotopic (exact) mass is 378 g/mol. The molecule has 9 heteroatoms. The second-order valence-corrected chi connectivity index (χ2v) is 5.66. The lowest BCUT2D eigenvalue weighted by atomic mass is 10.1. The van der Waals surface area contributed by atoms with Crippen molar-refractivity contribution in [3.8, 4) is 0 Å². The molecule has 0 radical (unpaired) electrons. The van der Waals surface area contributed by atoms with E-state index < -0.39 is 41.7 Å². The van der Waals surface area contributed by atoms with Crippen LogP contribution in [0.5, 0.6) is 0 Å². The molecule has 0 saturated carbocycles. The van der Waals surface area contributed by atoms with E-state index in [0.717, 1.165) is 23.1 Å². The van der Waals surface area contributed by atoms with Crippen LogP contribution in [0.1, 0.15) is 15.9 Å². The zero-order valence-corrected chi connectivity index (χ0v) is 13.7. The number of nitrogens with zero attached hydrogens (tertiary/aromatic N) is 1. The average Bonchev–Trinajstić information content (AvgIpc) is 2.64. The number of hydrogen-bond acceptors (Lipinski definition) is 4. The lowest BCUT2D eigenvalue weighted by molar-refractivity contribution is -0.138. The van der Waals surface area contributed by atoms with E-state index in [9.17, 15) is 27.6 Å². The summed E-state index contributed by atoms with van der Waals surface area (Å²) >= 11 is 0. The first kappa shape index (κ1) is 18.4. The standard InChI is InChI=1S/C18H13F3N2O4/c19-18(20,21)12-6-2-1-5-11(12)17(26)27-10-16(25)23-9-15(24)22-13-7-3-4-8-14(13)23/h1-8H,9-10H2,(H,22,24). The number of hydrogen-bond donors (Lipinski definition) is 1. The topological polar surface area (TPSA) is 75.7 Å². The van der Waals surface area contributed by atoms with Gasteiger partial charge in [0, 0.05) is 0 Å². The number of esters is 1. The SMILES string of the molecule is O=C1CN(C(=O)COC(=O)c2ccccc2C(F)(F)F)c2ccccc2N1. The number of fused-ring (bicyclic) bond motifs is 1. The third-order valence-corrected chi connectivity index (χ3v) is 3.85. The number of para-hydroxylation sites is 2. The Morgan fingerprint density at radius 2 is 1.74 bits per heavy atom. The Labute approximate surface area is 151 Å². The summed E-state index contributed by atoms with van der Waals surface area (Å²) < 4.78 is 43.7. The molecule has 6 nitrogen and oxygen atoms in total. The van der Waals surface area contributed by atoms with Gasteiger partial charge >= 0.3 is 12.1 Å². The molecular weight excluding hydrogens is 365 g/mol. The molecule has 0 saturated heterocycles. The first-order valence-electron chi connectivity index (χ1n) is 7.80. The van der Waals surface area contributed by atoms with Gasteiger partial charge in [-0.15, -0.1) is 0 Å². The van der Waals surface area contributed by atoms with Crippen molar-refractivity contribution < 1.29 is 32.3 Å². The van der Waals surface area contributed by atoms with Crippen LogP contribution in [0.3, 0.4) is 0 Å². The first-order chi connectivity index (χ1) is 12.8. The number of anilines is 2. The van der Waals surface area contributed by atoms with Gasteiger partial charge in [-0.1, -0.05) is 24.3 Å². The van der Waals surface area contributed by atoms with Crippen LogP contribution in [0.4, 0.5) is 24.5 Å². The molecule has 27 heavy (non-hydrogen) atoms. The van der Waals surface area contributed by atoms with Crippen molar-refractivity contribution in [3.63, 3.8) is 0 Å². The second kappa shape index (κ2) is 7.10. The molecule has 140 valence electrons. The smallest absolute Gasteiger partial charge is 0.417 e. The van der Waals surface area contributed by atoms with Crippen LogP contribution in [-0.4, -0.2) is 30.9 Å². The molecule has 0 bridgehead atoms. The molecule has 2 amide bonds. The highest BCUT2D eigenvalue weighted by Crippen LogP contribution is 2.32. The fraction of sp³-hybridized carbons (Fsp3) is 0.167. The van der Waals surface area contributed by atoms with E-state index in [2.05, 4.69) is 5.32 Å². The number of nitrogens with one attached hydrogen (secondary N) is 1. The molecule has 0 aliphatic carbocycles. The van der Waals surface area contributed by atoms with Crippen LogP contribution in [-0.2, 0) is 20.5 Å². The molecule has 1 heterocycles. The number of carbonyl (C=O) groups excluding carboxylic acids is 3. The Morgan fingerprint density at radius 3 is 2.48 bits per heavy atom. The van der Waals surface area contributed by atoms with Crippen LogP contribution < -0.4 is 10.2 Å². The number of rotatable bonds is 3. The van der Waals surface area contributed by atoms with E-state index >= 15 is 0 Å². The van der Waals surface area contributed by atoms with E-state index in [1.165, 1.54) is 6.07 Å². The van der Waals surface area contributed by atoms with Crippen molar-refractivity contribution in [2.45, 2.75) is 6.18 Å². The van der Waals surface area contributed by atoms with Gasteiger partial charge in [0.1, 0.15) is 6.54 Å². The zero-order chi connectivity index (χ0) is 19.6. The summed E-state index contributed by atoms with van der Waals surface area (Å²) in [7, 11) is 0. The number of alkyl halides is 3. The molecule has 0 aromatic heterocycles. The minimum Gasteiger partial charge on any atom is -0.452 e. The predicted octanol–water partition coefficient (Wildman–Crippen LogP) is 2.85. The Balaban J connectivity index is 1.74. The minimum atomic E-state index is -4.73. The zero-order valence-electron chi connectivity index (χ0n) is 13.7. The maximum absolute atomic E-state index is 13.0. The van der Waals surface area contributed by atoms with Crippen molar-refractivity contribution >= 4 is 29.2 Å². The molecule has 3 rings (SSSR count). The second-order valence-electron chi connectivity index (χ2n) is 5.66. The summed E-state index contributed by atoms with van der Waals surface area (Å²) in [5.41, 5.74) is -1.01. The molecule has 0 spiro atoms. The highest BCUT2D eigenvalue weighted by atomic mass is 19.4. The van der Waals surface area contributed by atoms with E-state index in [1.807, 2.05) is 0 Å². The van der Waals surface area contributed by atoms with E-state index in [-0.39, 0.29) is 6.54 Å². The van der Waals surface area contributed by atoms with Crippen LogP contribution in [0.15, 0.2) is 48.5 Å². The Morgan fingerprint density at radius 1 is 1.07 bits per heavy atom. The number of halogens is 3. The summed E-state index contributed by atoms with van der Waals surface area (Å²) in [5.74, 6) is -2.43. The van der Waals surface area contributed by atoms with Crippen molar-refractivity contribution in [2.24, 2.45) is 0 Å². The van der Waals surface area contributed by atoms with Gasteiger partial charge in [0.2, 0.25) is 5.91 Å². The van der Waals surface area contributed by atoms with Crippen LogP contribution in [0.2, 0.25) is 0 Å². The highest BCUT2D eigenvalue weighted by Gasteiger charge is 2.35.